The molecule has 0 aliphatic carbocycles. The van der Waals surface area contributed by atoms with Gasteiger partial charge < -0.3 is 10.2 Å². The minimum absolute atomic E-state index is 0.00449. The number of hydrogen-bond donors (Lipinski definition) is 1. The van der Waals surface area contributed by atoms with Gasteiger partial charge in [-0.15, -0.1) is 0 Å². The van der Waals surface area contributed by atoms with E-state index in [1.807, 2.05) is 7.05 Å². The van der Waals surface area contributed by atoms with E-state index in [1.54, 1.807) is 6.07 Å². The molecule has 0 aliphatic rings. The van der Waals surface area contributed by atoms with Gasteiger partial charge >= 0.3 is 0 Å². The highest BCUT2D eigenvalue weighted by Crippen LogP contribution is 2.26. The van der Waals surface area contributed by atoms with E-state index in [2.05, 4.69) is 24.1 Å². The lowest BCUT2D eigenvalue weighted by atomic mass is 10.3. The van der Waals surface area contributed by atoms with Crippen molar-refractivity contribution in [3.8, 4) is 0 Å². The van der Waals surface area contributed by atoms with E-state index in [1.165, 1.54) is 12.1 Å². The van der Waals surface area contributed by atoms with Crippen LogP contribution in [0.25, 0.3) is 0 Å². The van der Waals surface area contributed by atoms with Crippen molar-refractivity contribution >= 4 is 23.0 Å². The summed E-state index contributed by atoms with van der Waals surface area (Å²) in [5.41, 5.74) is 0.726. The standard InChI is InChI=1S/C12H18ClN3O2/c1-9(2)15(3)7-6-14-12-5-4-10(16(17)18)8-11(12)13/h4-5,8-9,14H,6-7H2,1-3H3. The maximum absolute atomic E-state index is 10.6. The van der Waals surface area contributed by atoms with Crippen LogP contribution in [0.2, 0.25) is 5.02 Å². The van der Waals surface area contributed by atoms with Crippen LogP contribution in [0.5, 0.6) is 0 Å². The molecule has 1 rings (SSSR count). The van der Waals surface area contributed by atoms with Crippen molar-refractivity contribution in [2.45, 2.75) is 19.9 Å². The maximum atomic E-state index is 10.6. The number of benzene rings is 1. The Bertz CT molecular complexity index is 424. The van der Waals surface area contributed by atoms with Gasteiger partial charge in [0.15, 0.2) is 0 Å². The molecular formula is C12H18ClN3O2. The van der Waals surface area contributed by atoms with Gasteiger partial charge in [-0.25, -0.2) is 0 Å². The highest BCUT2D eigenvalue weighted by molar-refractivity contribution is 6.33. The largest absolute Gasteiger partial charge is 0.383 e. The Morgan fingerprint density at radius 3 is 2.67 bits per heavy atom. The Morgan fingerprint density at radius 2 is 2.17 bits per heavy atom. The Labute approximate surface area is 112 Å². The molecule has 1 aromatic carbocycles. The smallest absolute Gasteiger partial charge is 0.271 e. The van der Waals surface area contributed by atoms with Crippen molar-refractivity contribution in [2.75, 3.05) is 25.5 Å². The minimum Gasteiger partial charge on any atom is -0.383 e. The number of likely N-dealkylation sites (N-methyl/N-ethyl adjacent to an activating group) is 1. The van der Waals surface area contributed by atoms with Gasteiger partial charge in [0.1, 0.15) is 0 Å². The fourth-order valence-electron chi connectivity index (χ4n) is 1.39. The van der Waals surface area contributed by atoms with Gasteiger partial charge in [-0.1, -0.05) is 11.6 Å². The zero-order chi connectivity index (χ0) is 13.7. The van der Waals surface area contributed by atoms with Gasteiger partial charge in [-0.05, 0) is 27.0 Å². The molecule has 0 radical (unpaired) electrons. The summed E-state index contributed by atoms with van der Waals surface area (Å²) < 4.78 is 0. The van der Waals surface area contributed by atoms with Crippen molar-refractivity contribution in [2.24, 2.45) is 0 Å². The number of nitrogens with zero attached hydrogens (tertiary/aromatic N) is 2. The first-order valence-corrected chi connectivity index (χ1v) is 6.17. The van der Waals surface area contributed by atoms with E-state index in [9.17, 15) is 10.1 Å². The van der Waals surface area contributed by atoms with Crippen LogP contribution in [0.3, 0.4) is 0 Å². The molecule has 0 bridgehead atoms. The normalized spacial score (nSPS) is 11.0. The molecule has 0 fully saturated rings. The molecule has 18 heavy (non-hydrogen) atoms. The molecule has 1 N–H and O–H groups in total. The highest BCUT2D eigenvalue weighted by atomic mass is 35.5. The van der Waals surface area contributed by atoms with Crippen LogP contribution in [-0.4, -0.2) is 36.0 Å². The predicted octanol–water partition coefficient (Wildman–Crippen LogP) is 3.00. The van der Waals surface area contributed by atoms with E-state index in [4.69, 9.17) is 11.6 Å². The Hall–Kier alpha value is -1.33. The number of nitro benzene ring substituents is 1. The summed E-state index contributed by atoms with van der Waals surface area (Å²) in [4.78, 5) is 12.3. The van der Waals surface area contributed by atoms with E-state index < -0.39 is 4.92 Å². The summed E-state index contributed by atoms with van der Waals surface area (Å²) in [6, 6.07) is 4.92. The third-order valence-corrected chi connectivity index (χ3v) is 3.14. The molecule has 0 aliphatic heterocycles. The topological polar surface area (TPSA) is 58.4 Å². The highest BCUT2D eigenvalue weighted by Gasteiger charge is 2.09. The zero-order valence-electron chi connectivity index (χ0n) is 10.8. The number of rotatable bonds is 6. The molecule has 0 amide bonds. The average molecular weight is 272 g/mol. The quantitative estimate of drug-likeness (QED) is 0.638. The van der Waals surface area contributed by atoms with Gasteiger partial charge in [-0.2, -0.15) is 0 Å². The molecule has 0 saturated carbocycles. The molecule has 0 aromatic heterocycles. The molecule has 0 saturated heterocycles. The third kappa shape index (κ3) is 4.16. The minimum atomic E-state index is -0.456. The lowest BCUT2D eigenvalue weighted by Gasteiger charge is -2.21. The van der Waals surface area contributed by atoms with Crippen LogP contribution in [0.1, 0.15) is 13.8 Å². The summed E-state index contributed by atoms with van der Waals surface area (Å²) in [7, 11) is 2.05. The van der Waals surface area contributed by atoms with Gasteiger partial charge in [0.2, 0.25) is 0 Å². The van der Waals surface area contributed by atoms with Gasteiger partial charge in [0.25, 0.3) is 5.69 Å². The molecule has 0 spiro atoms. The molecule has 1 aromatic rings. The van der Waals surface area contributed by atoms with Gasteiger partial charge in [0, 0.05) is 31.3 Å². The summed E-state index contributed by atoms with van der Waals surface area (Å²) in [5, 5.41) is 14.1. The van der Waals surface area contributed by atoms with Crippen LogP contribution >= 0.6 is 11.6 Å². The predicted molar refractivity (Wildman–Crippen MR) is 74.4 cm³/mol. The summed E-state index contributed by atoms with van der Waals surface area (Å²) in [6.45, 7) is 5.87. The average Bonchev–Trinajstić information content (AvgIpc) is 2.30. The number of hydrogen-bond acceptors (Lipinski definition) is 4. The van der Waals surface area contributed by atoms with E-state index in [-0.39, 0.29) is 5.69 Å². The number of non-ortho nitro benzene ring substituents is 1. The summed E-state index contributed by atoms with van der Waals surface area (Å²) >= 11 is 5.97. The Kier molecular flexibility index (Phi) is 5.37. The monoisotopic (exact) mass is 271 g/mol. The molecule has 0 unspecified atom stereocenters. The van der Waals surface area contributed by atoms with Crippen LogP contribution in [0, 0.1) is 10.1 Å². The fourth-order valence-corrected chi connectivity index (χ4v) is 1.63. The second kappa shape index (κ2) is 6.56. The Balaban J connectivity index is 2.56. The van der Waals surface area contributed by atoms with E-state index >= 15 is 0 Å². The lowest BCUT2D eigenvalue weighted by molar-refractivity contribution is -0.384. The first-order chi connectivity index (χ1) is 8.41. The number of nitrogens with one attached hydrogen (secondary N) is 1. The first kappa shape index (κ1) is 14.7. The summed E-state index contributed by atoms with van der Waals surface area (Å²) in [6.07, 6.45) is 0. The van der Waals surface area contributed by atoms with Crippen LogP contribution in [0.4, 0.5) is 11.4 Å². The van der Waals surface area contributed by atoms with E-state index in [0.717, 1.165) is 18.8 Å². The number of anilines is 1. The molecule has 0 atom stereocenters. The first-order valence-electron chi connectivity index (χ1n) is 5.80. The number of nitro groups is 1. The Morgan fingerprint density at radius 1 is 1.50 bits per heavy atom. The van der Waals surface area contributed by atoms with Crippen LogP contribution < -0.4 is 5.32 Å². The van der Waals surface area contributed by atoms with Crippen LogP contribution in [-0.2, 0) is 0 Å². The SMILES string of the molecule is CC(C)N(C)CCNc1ccc([N+](=O)[O-])cc1Cl. The van der Waals surface area contributed by atoms with Crippen molar-refractivity contribution in [3.63, 3.8) is 0 Å². The number of halogens is 1. The summed E-state index contributed by atoms with van der Waals surface area (Å²) in [5.74, 6) is 0. The molecule has 6 heteroatoms. The van der Waals surface area contributed by atoms with Gasteiger partial charge in [0.05, 0.1) is 15.6 Å². The fraction of sp³-hybridized carbons (Fsp3) is 0.500. The van der Waals surface area contributed by atoms with Crippen molar-refractivity contribution in [1.29, 1.82) is 0 Å². The van der Waals surface area contributed by atoms with Crippen LogP contribution in [0.15, 0.2) is 18.2 Å². The molecule has 100 valence electrons. The zero-order valence-corrected chi connectivity index (χ0v) is 11.6. The van der Waals surface area contributed by atoms with Crippen molar-refractivity contribution in [1.82, 2.24) is 4.90 Å². The second-order valence-corrected chi connectivity index (χ2v) is 4.83. The van der Waals surface area contributed by atoms with Gasteiger partial charge in [-0.3, -0.25) is 10.1 Å². The third-order valence-electron chi connectivity index (χ3n) is 2.82. The van der Waals surface area contributed by atoms with E-state index in [0.29, 0.717) is 11.1 Å². The van der Waals surface area contributed by atoms with Crippen molar-refractivity contribution < 1.29 is 4.92 Å². The second-order valence-electron chi connectivity index (χ2n) is 4.42. The lowest BCUT2D eigenvalue weighted by Crippen LogP contribution is -2.31. The maximum Gasteiger partial charge on any atom is 0.271 e. The molecular weight excluding hydrogens is 254 g/mol. The van der Waals surface area contributed by atoms with Crippen molar-refractivity contribution in [3.05, 3.63) is 33.3 Å². The molecule has 5 nitrogen and oxygen atoms in total. The molecule has 0 heterocycles.